The third kappa shape index (κ3) is 8.54. The number of non-ortho nitro benzene ring substituents is 1. The lowest BCUT2D eigenvalue weighted by molar-refractivity contribution is -0.384. The molecular weight excluding hydrogens is 592 g/mol. The quantitative estimate of drug-likeness (QED) is 0.148. The first-order chi connectivity index (χ1) is 21.6. The summed E-state index contributed by atoms with van der Waals surface area (Å²) in [5.74, 6) is -1.02. The molecule has 0 saturated carbocycles. The summed E-state index contributed by atoms with van der Waals surface area (Å²) in [6, 6.07) is 29.9. The van der Waals surface area contributed by atoms with Crippen LogP contribution < -0.4 is 9.62 Å². The number of carbonyl (C=O) groups excluding carboxylic acids is 2. The summed E-state index contributed by atoms with van der Waals surface area (Å²) in [5, 5.41) is 14.6. The molecule has 0 aliphatic rings. The van der Waals surface area contributed by atoms with Gasteiger partial charge in [0.05, 0.1) is 15.5 Å². The van der Waals surface area contributed by atoms with Crippen LogP contribution in [0.5, 0.6) is 0 Å². The van der Waals surface area contributed by atoms with Crippen molar-refractivity contribution in [3.8, 4) is 0 Å². The summed E-state index contributed by atoms with van der Waals surface area (Å²) < 4.78 is 28.9. The molecule has 2 unspecified atom stereocenters. The van der Waals surface area contributed by atoms with Crippen LogP contribution in [0.25, 0.3) is 0 Å². The molecule has 4 aromatic rings. The summed E-state index contributed by atoms with van der Waals surface area (Å²) >= 11 is 0. The third-order valence-corrected chi connectivity index (χ3v) is 9.19. The van der Waals surface area contributed by atoms with Crippen LogP contribution in [0, 0.1) is 10.1 Å². The van der Waals surface area contributed by atoms with Crippen LogP contribution in [0.3, 0.4) is 0 Å². The first-order valence-electron chi connectivity index (χ1n) is 14.6. The fourth-order valence-corrected chi connectivity index (χ4v) is 6.21. The van der Waals surface area contributed by atoms with Crippen LogP contribution in [0.15, 0.2) is 120 Å². The highest BCUT2D eigenvalue weighted by molar-refractivity contribution is 7.92. The van der Waals surface area contributed by atoms with E-state index in [-0.39, 0.29) is 41.2 Å². The van der Waals surface area contributed by atoms with Gasteiger partial charge in [0.15, 0.2) is 0 Å². The fourth-order valence-electron chi connectivity index (χ4n) is 4.79. The number of benzene rings is 4. The van der Waals surface area contributed by atoms with E-state index in [9.17, 15) is 28.1 Å². The molecule has 0 fully saturated rings. The van der Waals surface area contributed by atoms with Crippen molar-refractivity contribution >= 4 is 33.2 Å². The fraction of sp³-hybridized carbons (Fsp3) is 0.235. The Morgan fingerprint density at radius 1 is 0.844 bits per heavy atom. The summed E-state index contributed by atoms with van der Waals surface area (Å²) in [6.45, 7) is 3.14. The van der Waals surface area contributed by atoms with Gasteiger partial charge in [-0.2, -0.15) is 0 Å². The Morgan fingerprint density at radius 2 is 1.42 bits per heavy atom. The predicted octanol–water partition coefficient (Wildman–Crippen LogP) is 5.34. The number of hydrogen-bond donors (Lipinski definition) is 1. The van der Waals surface area contributed by atoms with Crippen molar-refractivity contribution in [1.82, 2.24) is 10.2 Å². The van der Waals surface area contributed by atoms with E-state index < -0.39 is 33.4 Å². The normalized spacial score (nSPS) is 12.5. The number of carbonyl (C=O) groups is 2. The van der Waals surface area contributed by atoms with Gasteiger partial charge in [-0.1, -0.05) is 91.9 Å². The van der Waals surface area contributed by atoms with Gasteiger partial charge in [-0.25, -0.2) is 8.42 Å². The molecule has 45 heavy (non-hydrogen) atoms. The second-order valence-corrected chi connectivity index (χ2v) is 12.5. The van der Waals surface area contributed by atoms with E-state index >= 15 is 0 Å². The van der Waals surface area contributed by atoms with Crippen molar-refractivity contribution in [3.63, 3.8) is 0 Å². The van der Waals surface area contributed by atoms with Crippen molar-refractivity contribution in [3.05, 3.63) is 137 Å². The maximum atomic E-state index is 14.4. The number of rotatable bonds is 14. The monoisotopic (exact) mass is 628 g/mol. The molecule has 0 radical (unpaired) electrons. The Bertz CT molecular complexity index is 1700. The van der Waals surface area contributed by atoms with Crippen molar-refractivity contribution < 1.29 is 22.9 Å². The zero-order chi connectivity index (χ0) is 32.4. The molecule has 2 atom stereocenters. The largest absolute Gasteiger partial charge is 0.352 e. The van der Waals surface area contributed by atoms with E-state index in [1.807, 2.05) is 74.5 Å². The van der Waals surface area contributed by atoms with Gasteiger partial charge in [-0.05, 0) is 42.7 Å². The van der Waals surface area contributed by atoms with Crippen LogP contribution in [0.4, 0.5) is 11.4 Å². The Kier molecular flexibility index (Phi) is 11.0. The average molecular weight is 629 g/mol. The molecule has 10 nitrogen and oxygen atoms in total. The number of sulfonamides is 1. The molecule has 0 aromatic heterocycles. The maximum Gasteiger partial charge on any atom is 0.271 e. The lowest BCUT2D eigenvalue weighted by Crippen LogP contribution is -2.54. The SMILES string of the molecule is CCC(C)NC(=O)C(Cc1ccccc1)N(Cc1ccccc1)C(=O)CN(c1cccc([N+](=O)[O-])c1)S(=O)(=O)c1ccccc1. The molecule has 0 spiro atoms. The van der Waals surface area contributed by atoms with Gasteiger partial charge < -0.3 is 10.2 Å². The number of nitrogens with one attached hydrogen (secondary N) is 1. The van der Waals surface area contributed by atoms with E-state index in [1.165, 1.54) is 35.2 Å². The maximum absolute atomic E-state index is 14.4. The van der Waals surface area contributed by atoms with Gasteiger partial charge in [0.1, 0.15) is 12.6 Å². The molecule has 0 heterocycles. The number of nitro groups is 1. The molecule has 2 amide bonds. The number of hydrogen-bond acceptors (Lipinski definition) is 6. The summed E-state index contributed by atoms with van der Waals surface area (Å²) in [4.78, 5) is 40.5. The topological polar surface area (TPSA) is 130 Å². The summed E-state index contributed by atoms with van der Waals surface area (Å²) in [7, 11) is -4.36. The minimum Gasteiger partial charge on any atom is -0.352 e. The Morgan fingerprint density at radius 3 is 2.00 bits per heavy atom. The number of anilines is 1. The lowest BCUT2D eigenvalue weighted by atomic mass is 10.0. The van der Waals surface area contributed by atoms with Gasteiger partial charge in [0, 0.05) is 31.1 Å². The smallest absolute Gasteiger partial charge is 0.271 e. The Balaban J connectivity index is 1.81. The van der Waals surface area contributed by atoms with Gasteiger partial charge in [0.25, 0.3) is 15.7 Å². The van der Waals surface area contributed by atoms with E-state index in [2.05, 4.69) is 5.32 Å². The number of amides is 2. The van der Waals surface area contributed by atoms with Crippen LogP contribution in [-0.4, -0.2) is 48.7 Å². The third-order valence-electron chi connectivity index (χ3n) is 7.41. The minimum atomic E-state index is -4.36. The van der Waals surface area contributed by atoms with E-state index in [0.717, 1.165) is 21.5 Å². The van der Waals surface area contributed by atoms with Crippen LogP contribution in [-0.2, 0) is 32.6 Å². The summed E-state index contributed by atoms with van der Waals surface area (Å²) in [5.41, 5.74) is 1.18. The van der Waals surface area contributed by atoms with Crippen LogP contribution in [0.1, 0.15) is 31.4 Å². The predicted molar refractivity (Wildman–Crippen MR) is 173 cm³/mol. The lowest BCUT2D eigenvalue weighted by Gasteiger charge is -2.34. The van der Waals surface area contributed by atoms with Crippen LogP contribution >= 0.6 is 0 Å². The molecule has 11 heteroatoms. The molecule has 4 rings (SSSR count). The molecule has 0 aliphatic carbocycles. The van der Waals surface area contributed by atoms with Crippen molar-refractivity contribution in [2.75, 3.05) is 10.8 Å². The van der Waals surface area contributed by atoms with E-state index in [4.69, 9.17) is 0 Å². The average Bonchev–Trinajstić information content (AvgIpc) is 3.06. The second kappa shape index (κ2) is 15.1. The molecular formula is C34H36N4O6S. The first-order valence-corrected chi connectivity index (χ1v) is 16.0. The van der Waals surface area contributed by atoms with Gasteiger partial charge in [0.2, 0.25) is 11.8 Å². The highest BCUT2D eigenvalue weighted by atomic mass is 32.2. The van der Waals surface area contributed by atoms with Gasteiger partial charge >= 0.3 is 0 Å². The van der Waals surface area contributed by atoms with Crippen molar-refractivity contribution in [2.45, 2.75) is 50.2 Å². The van der Waals surface area contributed by atoms with E-state index in [1.54, 1.807) is 18.2 Å². The number of nitro benzene ring substituents is 1. The van der Waals surface area contributed by atoms with Crippen molar-refractivity contribution in [1.29, 1.82) is 0 Å². The second-order valence-electron chi connectivity index (χ2n) is 10.6. The first kappa shape index (κ1) is 32.9. The Labute approximate surface area is 263 Å². The molecule has 0 saturated heterocycles. The standard InChI is InChI=1S/C34H36N4O6S/c1-3-26(2)35-34(40)32(22-27-14-7-4-8-15-27)36(24-28-16-9-5-10-17-28)33(39)25-37(29-18-13-19-30(23-29)38(41)42)45(43,44)31-20-11-6-12-21-31/h4-21,23,26,32H,3,22,24-25H2,1-2H3,(H,35,40). The minimum absolute atomic E-state index is 0.0270. The molecule has 0 aliphatic heterocycles. The molecule has 0 bridgehead atoms. The van der Waals surface area contributed by atoms with Gasteiger partial charge in [-0.3, -0.25) is 24.0 Å². The van der Waals surface area contributed by atoms with Gasteiger partial charge in [-0.15, -0.1) is 0 Å². The number of nitrogens with zero attached hydrogens (tertiary/aromatic N) is 3. The zero-order valence-electron chi connectivity index (χ0n) is 25.2. The molecule has 234 valence electrons. The zero-order valence-corrected chi connectivity index (χ0v) is 26.0. The van der Waals surface area contributed by atoms with E-state index in [0.29, 0.717) is 6.42 Å². The van der Waals surface area contributed by atoms with Crippen molar-refractivity contribution in [2.24, 2.45) is 0 Å². The molecule has 1 N–H and O–H groups in total. The Hall–Kier alpha value is -5.03. The molecule has 4 aromatic carbocycles. The highest BCUT2D eigenvalue weighted by Gasteiger charge is 2.35. The van der Waals surface area contributed by atoms with Crippen LogP contribution in [0.2, 0.25) is 0 Å². The summed E-state index contributed by atoms with van der Waals surface area (Å²) in [6.07, 6.45) is 0.857. The highest BCUT2D eigenvalue weighted by Crippen LogP contribution is 2.28.